The Morgan fingerprint density at radius 3 is 1.92 bits per heavy atom. The van der Waals surface area contributed by atoms with Crippen molar-refractivity contribution < 1.29 is 0 Å². The van der Waals surface area contributed by atoms with Crippen molar-refractivity contribution in [1.29, 1.82) is 0 Å². The van der Waals surface area contributed by atoms with Gasteiger partial charge in [-0.2, -0.15) is 0 Å². The van der Waals surface area contributed by atoms with Gasteiger partial charge < -0.3 is 0 Å². The number of benzene rings is 1. The normalized spacial score (nSPS) is 11.8. The van der Waals surface area contributed by atoms with E-state index in [1.54, 1.807) is 0 Å². The summed E-state index contributed by atoms with van der Waals surface area (Å²) in [5.74, 6) is 0. The molecule has 0 unspecified atom stereocenters. The Kier molecular flexibility index (Phi) is 3.58. The molecule has 0 radical (unpaired) electrons. The van der Waals surface area contributed by atoms with E-state index in [1.807, 2.05) is 6.07 Å². The van der Waals surface area contributed by atoms with E-state index in [2.05, 4.69) is 64.8 Å². The molecule has 0 saturated heterocycles. The molecule has 0 aromatic heterocycles. The molecule has 1 aromatic rings. The van der Waals surface area contributed by atoms with Gasteiger partial charge in [0.2, 0.25) is 0 Å². The summed E-state index contributed by atoms with van der Waals surface area (Å²) in [4.78, 5) is 0. The predicted octanol–water partition coefficient (Wildman–Crippen LogP) is 4.80. The summed E-state index contributed by atoms with van der Waals surface area (Å²) in [6.07, 6.45) is 1.08. The van der Waals surface area contributed by atoms with E-state index < -0.39 is 0 Å². The van der Waals surface area contributed by atoms with Crippen molar-refractivity contribution in [1.82, 2.24) is 0 Å². The molecule has 0 aliphatic heterocycles. The highest BCUT2D eigenvalue weighted by Crippen LogP contribution is 2.31. The lowest BCUT2D eigenvalue weighted by Crippen LogP contribution is -2.10. The third-order valence-corrected chi connectivity index (χ3v) is 3.25. The molecule has 0 fully saturated rings. The number of rotatable bonds is 1. The standard InChI is InChI=1S/C11H14Br2/c1-11(2,3)7-8-9(12)5-4-6-10(8)13/h4-6H,7H2,1-3H3. The van der Waals surface area contributed by atoms with Gasteiger partial charge in [-0.1, -0.05) is 58.7 Å². The topological polar surface area (TPSA) is 0 Å². The summed E-state index contributed by atoms with van der Waals surface area (Å²) in [5.41, 5.74) is 1.68. The molecule has 0 bridgehead atoms. The maximum atomic E-state index is 3.57. The fourth-order valence-electron chi connectivity index (χ4n) is 1.23. The van der Waals surface area contributed by atoms with Crippen molar-refractivity contribution in [2.75, 3.05) is 0 Å². The van der Waals surface area contributed by atoms with Crippen molar-refractivity contribution in [2.24, 2.45) is 5.41 Å². The summed E-state index contributed by atoms with van der Waals surface area (Å²) in [6.45, 7) is 6.75. The van der Waals surface area contributed by atoms with Gasteiger partial charge in [-0.25, -0.2) is 0 Å². The van der Waals surface area contributed by atoms with Crippen molar-refractivity contribution in [3.8, 4) is 0 Å². The fourth-order valence-corrected chi connectivity index (χ4v) is 2.51. The van der Waals surface area contributed by atoms with Gasteiger partial charge in [0.25, 0.3) is 0 Å². The maximum Gasteiger partial charge on any atom is 0.0218 e. The fraction of sp³-hybridized carbons (Fsp3) is 0.455. The lowest BCUT2D eigenvalue weighted by molar-refractivity contribution is 0.410. The van der Waals surface area contributed by atoms with E-state index >= 15 is 0 Å². The highest BCUT2D eigenvalue weighted by atomic mass is 79.9. The van der Waals surface area contributed by atoms with Gasteiger partial charge in [-0.15, -0.1) is 0 Å². The van der Waals surface area contributed by atoms with Gasteiger partial charge in [0.05, 0.1) is 0 Å². The third-order valence-electron chi connectivity index (χ3n) is 1.77. The van der Waals surface area contributed by atoms with E-state index in [1.165, 1.54) is 14.5 Å². The number of halogens is 2. The van der Waals surface area contributed by atoms with Crippen LogP contribution in [0.4, 0.5) is 0 Å². The minimum atomic E-state index is 0.326. The van der Waals surface area contributed by atoms with Crippen LogP contribution in [0, 0.1) is 5.41 Å². The second-order valence-corrected chi connectivity index (χ2v) is 6.15. The first-order valence-corrected chi connectivity index (χ1v) is 5.92. The van der Waals surface area contributed by atoms with Crippen LogP contribution in [-0.2, 0) is 6.42 Å². The lowest BCUT2D eigenvalue weighted by Gasteiger charge is -2.20. The Balaban J connectivity index is 3.00. The van der Waals surface area contributed by atoms with Gasteiger partial charge in [0, 0.05) is 8.95 Å². The minimum Gasteiger partial charge on any atom is -0.0600 e. The first-order valence-electron chi connectivity index (χ1n) is 4.33. The van der Waals surface area contributed by atoms with E-state index in [0.29, 0.717) is 5.41 Å². The Labute approximate surface area is 97.0 Å². The monoisotopic (exact) mass is 304 g/mol. The highest BCUT2D eigenvalue weighted by Gasteiger charge is 2.15. The van der Waals surface area contributed by atoms with Gasteiger partial charge in [0.15, 0.2) is 0 Å². The maximum absolute atomic E-state index is 3.57. The second kappa shape index (κ2) is 4.14. The SMILES string of the molecule is CC(C)(C)Cc1c(Br)cccc1Br. The molecule has 2 heteroatoms. The van der Waals surface area contributed by atoms with Crippen LogP contribution in [0.3, 0.4) is 0 Å². The van der Waals surface area contributed by atoms with Gasteiger partial charge in [0.1, 0.15) is 0 Å². The molecule has 0 aliphatic rings. The van der Waals surface area contributed by atoms with Gasteiger partial charge >= 0.3 is 0 Å². The van der Waals surface area contributed by atoms with Crippen LogP contribution in [-0.4, -0.2) is 0 Å². The van der Waals surface area contributed by atoms with Gasteiger partial charge in [-0.05, 0) is 29.5 Å². The van der Waals surface area contributed by atoms with Crippen LogP contribution < -0.4 is 0 Å². The average molecular weight is 306 g/mol. The molecule has 1 rings (SSSR count). The molecule has 0 spiro atoms. The molecular formula is C11H14Br2. The predicted molar refractivity (Wildman–Crippen MR) is 65.0 cm³/mol. The molecule has 0 atom stereocenters. The molecule has 72 valence electrons. The van der Waals surface area contributed by atoms with Crippen molar-refractivity contribution in [3.63, 3.8) is 0 Å². The van der Waals surface area contributed by atoms with Crippen molar-refractivity contribution in [2.45, 2.75) is 27.2 Å². The second-order valence-electron chi connectivity index (χ2n) is 4.44. The zero-order valence-corrected chi connectivity index (χ0v) is 11.4. The molecule has 0 aliphatic carbocycles. The summed E-state index contributed by atoms with van der Waals surface area (Å²) in [5, 5.41) is 0. The van der Waals surface area contributed by atoms with Crippen LogP contribution in [0.2, 0.25) is 0 Å². The zero-order chi connectivity index (χ0) is 10.1. The summed E-state index contributed by atoms with van der Waals surface area (Å²) in [6, 6.07) is 6.22. The quantitative estimate of drug-likeness (QED) is 0.699. The highest BCUT2D eigenvalue weighted by molar-refractivity contribution is 9.11. The third kappa shape index (κ3) is 3.43. The van der Waals surface area contributed by atoms with Crippen LogP contribution in [0.5, 0.6) is 0 Å². The number of hydrogen-bond donors (Lipinski definition) is 0. The zero-order valence-electron chi connectivity index (χ0n) is 8.20. The summed E-state index contributed by atoms with van der Waals surface area (Å²) >= 11 is 7.14. The molecule has 0 N–H and O–H groups in total. The van der Waals surface area contributed by atoms with Crippen molar-refractivity contribution >= 4 is 31.9 Å². The molecule has 0 amide bonds. The Morgan fingerprint density at radius 1 is 1.08 bits per heavy atom. The van der Waals surface area contributed by atoms with E-state index in [-0.39, 0.29) is 0 Å². The lowest BCUT2D eigenvalue weighted by atomic mass is 9.88. The van der Waals surface area contributed by atoms with Gasteiger partial charge in [-0.3, -0.25) is 0 Å². The Bertz CT molecular complexity index is 277. The minimum absolute atomic E-state index is 0.326. The molecule has 13 heavy (non-hydrogen) atoms. The van der Waals surface area contributed by atoms with Crippen LogP contribution in [0.15, 0.2) is 27.1 Å². The van der Waals surface area contributed by atoms with E-state index in [0.717, 1.165) is 6.42 Å². The van der Waals surface area contributed by atoms with Crippen LogP contribution >= 0.6 is 31.9 Å². The van der Waals surface area contributed by atoms with Crippen LogP contribution in [0.25, 0.3) is 0 Å². The Morgan fingerprint density at radius 2 is 1.54 bits per heavy atom. The summed E-state index contributed by atoms with van der Waals surface area (Å²) in [7, 11) is 0. The molecule has 0 heterocycles. The average Bonchev–Trinajstić information content (AvgIpc) is 1.95. The van der Waals surface area contributed by atoms with E-state index in [9.17, 15) is 0 Å². The first-order chi connectivity index (χ1) is 5.90. The smallest absolute Gasteiger partial charge is 0.0218 e. The largest absolute Gasteiger partial charge is 0.0600 e. The molecule has 0 saturated carbocycles. The van der Waals surface area contributed by atoms with Crippen LogP contribution in [0.1, 0.15) is 26.3 Å². The molecular weight excluding hydrogens is 292 g/mol. The molecule has 0 nitrogen and oxygen atoms in total. The Hall–Kier alpha value is 0.180. The number of hydrogen-bond acceptors (Lipinski definition) is 0. The van der Waals surface area contributed by atoms with E-state index in [4.69, 9.17) is 0 Å². The summed E-state index contributed by atoms with van der Waals surface area (Å²) < 4.78 is 2.38. The molecule has 1 aromatic carbocycles. The van der Waals surface area contributed by atoms with Crippen molar-refractivity contribution in [3.05, 3.63) is 32.7 Å². The first kappa shape index (κ1) is 11.3.